The molecule has 0 bridgehead atoms. The Balaban J connectivity index is 1.98. The first-order valence-electron chi connectivity index (χ1n) is 7.72. The lowest BCUT2D eigenvalue weighted by Gasteiger charge is -2.42. The molecule has 1 aromatic carbocycles. The maximum atomic E-state index is 13.5. The summed E-state index contributed by atoms with van der Waals surface area (Å²) in [6, 6.07) is 5.42. The van der Waals surface area contributed by atoms with Crippen LogP contribution in [0.2, 0.25) is 0 Å². The Labute approximate surface area is 143 Å². The minimum atomic E-state index is -4.54. The van der Waals surface area contributed by atoms with Crippen LogP contribution in [0.3, 0.4) is 0 Å². The van der Waals surface area contributed by atoms with E-state index >= 15 is 0 Å². The molecular weight excluding hydrogens is 333 g/mol. The van der Waals surface area contributed by atoms with Gasteiger partial charge in [-0.05, 0) is 25.1 Å². The van der Waals surface area contributed by atoms with Crippen LogP contribution in [0, 0.1) is 11.3 Å². The van der Waals surface area contributed by atoms with E-state index in [1.807, 2.05) is 6.92 Å². The van der Waals surface area contributed by atoms with Gasteiger partial charge >= 0.3 is 6.18 Å². The average Bonchev–Trinajstić information content (AvgIpc) is 3.01. The van der Waals surface area contributed by atoms with Crippen LogP contribution in [0.15, 0.2) is 30.6 Å². The third kappa shape index (κ3) is 3.33. The monoisotopic (exact) mass is 350 g/mol. The van der Waals surface area contributed by atoms with Crippen LogP contribution in [-0.2, 0) is 23.6 Å². The standard InChI is InChI=1S/C17H17F3N4O/c1-16(13-9-22-23(2)10-13)11-24(5-6-25-16)15-4-3-12(8-21)7-14(15)17(18,19)20/h3-4,7,9-10H,5-6,11H2,1-2H3. The summed E-state index contributed by atoms with van der Waals surface area (Å²) in [6.07, 6.45) is -1.08. The highest BCUT2D eigenvalue weighted by Crippen LogP contribution is 2.39. The third-order valence-electron chi connectivity index (χ3n) is 4.36. The van der Waals surface area contributed by atoms with E-state index in [-0.39, 0.29) is 17.8 Å². The molecule has 1 aliphatic rings. The molecule has 3 rings (SSSR count). The van der Waals surface area contributed by atoms with E-state index in [0.717, 1.165) is 11.6 Å². The fourth-order valence-electron chi connectivity index (χ4n) is 3.05. The van der Waals surface area contributed by atoms with Crippen LogP contribution in [0.4, 0.5) is 18.9 Å². The Kier molecular flexibility index (Phi) is 4.21. The first-order chi connectivity index (χ1) is 11.7. The molecular formula is C17H17F3N4O. The summed E-state index contributed by atoms with van der Waals surface area (Å²) in [7, 11) is 1.77. The molecule has 5 nitrogen and oxygen atoms in total. The van der Waals surface area contributed by atoms with Gasteiger partial charge in [-0.25, -0.2) is 0 Å². The van der Waals surface area contributed by atoms with Crippen molar-refractivity contribution in [1.82, 2.24) is 9.78 Å². The highest BCUT2D eigenvalue weighted by atomic mass is 19.4. The average molecular weight is 350 g/mol. The van der Waals surface area contributed by atoms with Crippen LogP contribution >= 0.6 is 0 Å². The fraction of sp³-hybridized carbons (Fsp3) is 0.412. The zero-order valence-corrected chi connectivity index (χ0v) is 13.8. The third-order valence-corrected chi connectivity index (χ3v) is 4.36. The molecule has 0 amide bonds. The van der Waals surface area contributed by atoms with Gasteiger partial charge in [0, 0.05) is 31.0 Å². The molecule has 1 saturated heterocycles. The van der Waals surface area contributed by atoms with E-state index in [1.54, 1.807) is 35.1 Å². The van der Waals surface area contributed by atoms with Gasteiger partial charge in [0.05, 0.1) is 36.5 Å². The molecule has 25 heavy (non-hydrogen) atoms. The Morgan fingerprint density at radius 1 is 1.36 bits per heavy atom. The highest BCUT2D eigenvalue weighted by molar-refractivity contribution is 5.58. The van der Waals surface area contributed by atoms with Crippen molar-refractivity contribution in [2.45, 2.75) is 18.7 Å². The van der Waals surface area contributed by atoms with E-state index in [0.29, 0.717) is 13.2 Å². The molecule has 0 radical (unpaired) electrons. The van der Waals surface area contributed by atoms with Gasteiger partial charge in [0.15, 0.2) is 0 Å². The Morgan fingerprint density at radius 2 is 2.12 bits per heavy atom. The second kappa shape index (κ2) is 6.08. The second-order valence-electron chi connectivity index (χ2n) is 6.25. The second-order valence-corrected chi connectivity index (χ2v) is 6.25. The Hall–Kier alpha value is -2.53. The first kappa shape index (κ1) is 17.3. The van der Waals surface area contributed by atoms with E-state index in [2.05, 4.69) is 5.10 Å². The molecule has 8 heteroatoms. The molecule has 1 aromatic heterocycles. The number of nitriles is 1. The maximum absolute atomic E-state index is 13.5. The maximum Gasteiger partial charge on any atom is 0.418 e. The van der Waals surface area contributed by atoms with Gasteiger partial charge in [-0.2, -0.15) is 23.5 Å². The number of hydrogen-bond donors (Lipinski definition) is 0. The number of nitrogens with zero attached hydrogens (tertiary/aromatic N) is 4. The van der Waals surface area contributed by atoms with E-state index in [9.17, 15) is 13.2 Å². The summed E-state index contributed by atoms with van der Waals surface area (Å²) in [5.41, 5.74) is -0.711. The summed E-state index contributed by atoms with van der Waals surface area (Å²) in [5, 5.41) is 13.0. The van der Waals surface area contributed by atoms with Crippen LogP contribution in [0.1, 0.15) is 23.6 Å². The van der Waals surface area contributed by atoms with Crippen molar-refractivity contribution < 1.29 is 17.9 Å². The van der Waals surface area contributed by atoms with Crippen LogP contribution in [0.5, 0.6) is 0 Å². The number of aryl methyl sites for hydroxylation is 1. The van der Waals surface area contributed by atoms with Crippen LogP contribution in [0.25, 0.3) is 0 Å². The van der Waals surface area contributed by atoms with Crippen molar-refractivity contribution >= 4 is 5.69 Å². The number of benzene rings is 1. The van der Waals surface area contributed by atoms with Gasteiger partial charge < -0.3 is 9.64 Å². The summed E-state index contributed by atoms with van der Waals surface area (Å²) >= 11 is 0. The molecule has 0 N–H and O–H groups in total. The number of hydrogen-bond acceptors (Lipinski definition) is 4. The number of halogens is 3. The summed E-state index contributed by atoms with van der Waals surface area (Å²) in [5.74, 6) is 0. The minimum absolute atomic E-state index is 0.0145. The van der Waals surface area contributed by atoms with Gasteiger partial charge in [0.2, 0.25) is 0 Å². The van der Waals surface area contributed by atoms with E-state index in [1.165, 1.54) is 12.1 Å². The van der Waals surface area contributed by atoms with Crippen molar-refractivity contribution in [3.63, 3.8) is 0 Å². The SMILES string of the molecule is Cn1cc(C2(C)CN(c3ccc(C#N)cc3C(F)(F)F)CCO2)cn1. The van der Waals surface area contributed by atoms with Crippen LogP contribution < -0.4 is 4.90 Å². The summed E-state index contributed by atoms with van der Waals surface area (Å²) in [6.45, 7) is 2.73. The number of rotatable bonds is 2. The predicted octanol–water partition coefficient (Wildman–Crippen LogP) is 3.06. The van der Waals surface area contributed by atoms with Crippen molar-refractivity contribution in [3.8, 4) is 6.07 Å². The number of alkyl halides is 3. The van der Waals surface area contributed by atoms with E-state index in [4.69, 9.17) is 10.00 Å². The van der Waals surface area contributed by atoms with Gasteiger partial charge in [-0.3, -0.25) is 4.68 Å². The fourth-order valence-corrected chi connectivity index (χ4v) is 3.05. The Bertz CT molecular complexity index is 824. The lowest BCUT2D eigenvalue weighted by Crippen LogP contribution is -2.48. The van der Waals surface area contributed by atoms with Crippen molar-refractivity contribution in [1.29, 1.82) is 5.26 Å². The molecule has 0 saturated carbocycles. The smallest absolute Gasteiger partial charge is 0.367 e. The number of aromatic nitrogens is 2. The topological polar surface area (TPSA) is 54.1 Å². The summed E-state index contributed by atoms with van der Waals surface area (Å²) < 4.78 is 47.9. The van der Waals surface area contributed by atoms with Crippen molar-refractivity contribution in [2.75, 3.05) is 24.6 Å². The van der Waals surface area contributed by atoms with Crippen molar-refractivity contribution in [2.24, 2.45) is 7.05 Å². The molecule has 2 heterocycles. The first-order valence-corrected chi connectivity index (χ1v) is 7.72. The summed E-state index contributed by atoms with van der Waals surface area (Å²) in [4.78, 5) is 1.65. The highest BCUT2D eigenvalue weighted by Gasteiger charge is 2.39. The molecule has 1 fully saturated rings. The lowest BCUT2D eigenvalue weighted by molar-refractivity contribution is -0.137. The van der Waals surface area contributed by atoms with E-state index < -0.39 is 17.3 Å². The zero-order valence-electron chi connectivity index (χ0n) is 13.8. The lowest BCUT2D eigenvalue weighted by atomic mass is 9.96. The quantitative estimate of drug-likeness (QED) is 0.835. The Morgan fingerprint density at radius 3 is 2.72 bits per heavy atom. The normalized spacial score (nSPS) is 21.2. The number of ether oxygens (including phenoxy) is 1. The van der Waals surface area contributed by atoms with Gasteiger partial charge in [0.1, 0.15) is 5.60 Å². The molecule has 2 aromatic rings. The van der Waals surface area contributed by atoms with Gasteiger partial charge in [-0.15, -0.1) is 0 Å². The largest absolute Gasteiger partial charge is 0.418 e. The van der Waals surface area contributed by atoms with Gasteiger partial charge in [-0.1, -0.05) is 0 Å². The molecule has 1 aliphatic heterocycles. The minimum Gasteiger partial charge on any atom is -0.367 e. The van der Waals surface area contributed by atoms with Gasteiger partial charge in [0.25, 0.3) is 0 Å². The molecule has 1 unspecified atom stereocenters. The number of anilines is 1. The van der Waals surface area contributed by atoms with Crippen molar-refractivity contribution in [3.05, 3.63) is 47.3 Å². The molecule has 0 aliphatic carbocycles. The number of morpholine rings is 1. The van der Waals surface area contributed by atoms with Crippen LogP contribution in [-0.4, -0.2) is 29.5 Å². The molecule has 0 spiro atoms. The molecule has 132 valence electrons. The predicted molar refractivity (Wildman–Crippen MR) is 84.9 cm³/mol. The molecule has 1 atom stereocenters. The zero-order chi connectivity index (χ0) is 18.2.